The Kier molecular flexibility index (Phi) is 5.64. The van der Waals surface area contributed by atoms with Crippen LogP contribution in [-0.4, -0.2) is 32.9 Å². The van der Waals surface area contributed by atoms with Crippen LogP contribution >= 0.6 is 11.8 Å². The van der Waals surface area contributed by atoms with Crippen molar-refractivity contribution < 1.29 is 14.3 Å². The highest BCUT2D eigenvalue weighted by Gasteiger charge is 2.28. The minimum absolute atomic E-state index is 0.0488. The molecular formula is C25H21N3O3S. The molecule has 1 atom stereocenters. The fourth-order valence-electron chi connectivity index (χ4n) is 3.77. The maximum atomic E-state index is 13.0. The van der Waals surface area contributed by atoms with Crippen LogP contribution in [0.15, 0.2) is 84.5 Å². The minimum Gasteiger partial charge on any atom is -0.485 e. The number of allylic oxidation sites excluding steroid dienone is 1. The summed E-state index contributed by atoms with van der Waals surface area (Å²) in [4.78, 5) is 13.0. The Balaban J connectivity index is 1.36. The van der Waals surface area contributed by atoms with Gasteiger partial charge in [0.2, 0.25) is 0 Å². The van der Waals surface area contributed by atoms with Crippen molar-refractivity contribution in [2.24, 2.45) is 0 Å². The lowest BCUT2D eigenvalue weighted by molar-refractivity contribution is 0.0821. The molecule has 1 aromatic heterocycles. The number of fused-ring (bicyclic) bond motifs is 2. The Morgan fingerprint density at radius 3 is 2.72 bits per heavy atom. The van der Waals surface area contributed by atoms with Gasteiger partial charge in [-0.15, -0.1) is 16.8 Å². The smallest absolute Gasteiger partial charge is 0.192 e. The van der Waals surface area contributed by atoms with Gasteiger partial charge in [0.15, 0.2) is 34.4 Å². The summed E-state index contributed by atoms with van der Waals surface area (Å²) in [5.41, 5.74) is 0.714. The predicted molar refractivity (Wildman–Crippen MR) is 125 cm³/mol. The fourth-order valence-corrected chi connectivity index (χ4v) is 4.61. The number of hydrogen-bond donors (Lipinski definition) is 0. The molecule has 32 heavy (non-hydrogen) atoms. The summed E-state index contributed by atoms with van der Waals surface area (Å²) in [7, 11) is 0. The second kappa shape index (κ2) is 8.88. The molecule has 1 aliphatic rings. The molecule has 0 aliphatic carbocycles. The Morgan fingerprint density at radius 1 is 1.06 bits per heavy atom. The quantitative estimate of drug-likeness (QED) is 0.225. The second-order valence-corrected chi connectivity index (χ2v) is 8.29. The molecule has 3 aromatic carbocycles. The number of aromatic nitrogens is 3. The maximum Gasteiger partial charge on any atom is 0.192 e. The fraction of sp³-hybridized carbons (Fsp3) is 0.160. The van der Waals surface area contributed by atoms with E-state index < -0.39 is 0 Å². The first-order chi connectivity index (χ1) is 15.7. The van der Waals surface area contributed by atoms with Gasteiger partial charge in [-0.05, 0) is 22.9 Å². The van der Waals surface area contributed by atoms with Crippen LogP contribution in [-0.2, 0) is 6.54 Å². The van der Waals surface area contributed by atoms with Crippen molar-refractivity contribution in [3.05, 3.63) is 90.8 Å². The van der Waals surface area contributed by atoms with Crippen molar-refractivity contribution >= 4 is 28.3 Å². The molecule has 0 N–H and O–H groups in total. The van der Waals surface area contributed by atoms with Gasteiger partial charge in [0.05, 0.1) is 5.75 Å². The first-order valence-electron chi connectivity index (χ1n) is 10.3. The molecule has 7 heteroatoms. The third kappa shape index (κ3) is 3.87. The van der Waals surface area contributed by atoms with Crippen LogP contribution in [0.2, 0.25) is 0 Å². The van der Waals surface area contributed by atoms with Crippen molar-refractivity contribution in [2.45, 2.75) is 17.8 Å². The highest BCUT2D eigenvalue weighted by atomic mass is 32.2. The van der Waals surface area contributed by atoms with Crippen LogP contribution in [0.3, 0.4) is 0 Å². The summed E-state index contributed by atoms with van der Waals surface area (Å²) >= 11 is 1.36. The third-order valence-electron chi connectivity index (χ3n) is 5.28. The van der Waals surface area contributed by atoms with E-state index in [1.807, 2.05) is 71.3 Å². The average molecular weight is 444 g/mol. The number of ketones is 1. The number of rotatable bonds is 7. The van der Waals surface area contributed by atoms with E-state index in [1.165, 1.54) is 11.8 Å². The van der Waals surface area contributed by atoms with E-state index in [1.54, 1.807) is 6.08 Å². The Morgan fingerprint density at radius 2 is 1.84 bits per heavy atom. The zero-order chi connectivity index (χ0) is 21.9. The number of carbonyl (C=O) groups is 1. The van der Waals surface area contributed by atoms with E-state index in [4.69, 9.17) is 9.47 Å². The van der Waals surface area contributed by atoms with Crippen molar-refractivity contribution in [2.75, 3.05) is 12.4 Å². The molecule has 5 rings (SSSR count). The molecule has 1 aliphatic heterocycles. The van der Waals surface area contributed by atoms with Crippen molar-refractivity contribution in [3.8, 4) is 11.5 Å². The molecule has 4 aromatic rings. The van der Waals surface area contributed by atoms with Gasteiger partial charge in [-0.1, -0.05) is 72.4 Å². The number of Topliss-reactive ketones (excluding diaryl/α,β-unsaturated/α-hetero) is 1. The summed E-state index contributed by atoms with van der Waals surface area (Å²) in [6.07, 6.45) is 1.39. The Labute approximate surface area is 189 Å². The lowest BCUT2D eigenvalue weighted by Gasteiger charge is -2.26. The van der Waals surface area contributed by atoms with E-state index in [9.17, 15) is 4.79 Å². The molecule has 2 heterocycles. The number of hydrogen-bond acceptors (Lipinski definition) is 6. The highest BCUT2D eigenvalue weighted by molar-refractivity contribution is 7.99. The normalized spacial score (nSPS) is 14.9. The summed E-state index contributed by atoms with van der Waals surface area (Å²) < 4.78 is 13.9. The van der Waals surface area contributed by atoms with Crippen molar-refractivity contribution in [3.63, 3.8) is 0 Å². The summed E-state index contributed by atoms with van der Waals surface area (Å²) in [6.45, 7) is 4.70. The van der Waals surface area contributed by atoms with Gasteiger partial charge in [0, 0.05) is 12.1 Å². The molecule has 0 fully saturated rings. The molecule has 1 unspecified atom stereocenters. The molecule has 0 saturated carbocycles. The van der Waals surface area contributed by atoms with E-state index in [0.717, 1.165) is 10.8 Å². The van der Waals surface area contributed by atoms with Gasteiger partial charge in [0.1, 0.15) is 6.61 Å². The van der Waals surface area contributed by atoms with Gasteiger partial charge in [-0.25, -0.2) is 0 Å². The second-order valence-electron chi connectivity index (χ2n) is 7.34. The topological polar surface area (TPSA) is 66.2 Å². The molecule has 0 spiro atoms. The predicted octanol–water partition coefficient (Wildman–Crippen LogP) is 5.10. The van der Waals surface area contributed by atoms with Crippen molar-refractivity contribution in [1.29, 1.82) is 0 Å². The number of carbonyl (C=O) groups excluding carboxylic acids is 1. The van der Waals surface area contributed by atoms with Gasteiger partial charge < -0.3 is 9.47 Å². The van der Waals surface area contributed by atoms with E-state index in [-0.39, 0.29) is 17.6 Å². The zero-order valence-electron chi connectivity index (χ0n) is 17.3. The van der Waals surface area contributed by atoms with Gasteiger partial charge in [0.25, 0.3) is 0 Å². The first kappa shape index (κ1) is 20.3. The lowest BCUT2D eigenvalue weighted by Crippen LogP contribution is -2.25. The van der Waals surface area contributed by atoms with Crippen molar-refractivity contribution in [1.82, 2.24) is 14.8 Å². The monoisotopic (exact) mass is 443 g/mol. The highest BCUT2D eigenvalue weighted by Crippen LogP contribution is 2.36. The number of nitrogens with zero attached hydrogens (tertiary/aromatic N) is 3. The molecule has 160 valence electrons. The average Bonchev–Trinajstić information content (AvgIpc) is 3.24. The van der Waals surface area contributed by atoms with E-state index in [2.05, 4.69) is 16.8 Å². The molecule has 0 amide bonds. The van der Waals surface area contributed by atoms with Crippen LogP contribution in [0.25, 0.3) is 10.8 Å². The largest absolute Gasteiger partial charge is 0.485 e. The maximum absolute atomic E-state index is 13.0. The lowest BCUT2D eigenvalue weighted by atomic mass is 10.0. The van der Waals surface area contributed by atoms with Crippen LogP contribution in [0.4, 0.5) is 0 Å². The summed E-state index contributed by atoms with van der Waals surface area (Å²) in [6, 6.07) is 21.3. The Bertz CT molecular complexity index is 1300. The summed E-state index contributed by atoms with van der Waals surface area (Å²) in [5, 5.41) is 11.4. The number of thioether (sulfide) groups is 1. The summed E-state index contributed by atoms with van der Waals surface area (Å²) in [5.74, 6) is 2.35. The van der Waals surface area contributed by atoms with Crippen LogP contribution in [0, 0.1) is 0 Å². The number of para-hydroxylation sites is 2. The molecule has 0 bridgehead atoms. The first-order valence-corrected chi connectivity index (χ1v) is 11.3. The molecular weight excluding hydrogens is 422 g/mol. The standard InChI is InChI=1S/C25H21N3O3S/c1-2-14-28-24(23-15-30-21-12-5-6-13-22(21)31-23)26-27-25(28)32-16-20(29)19-11-7-9-17-8-3-4-10-18(17)19/h2-13,23H,1,14-16H2. The zero-order valence-corrected chi connectivity index (χ0v) is 18.1. The van der Waals surface area contributed by atoms with Crippen LogP contribution in [0.5, 0.6) is 11.5 Å². The van der Waals surface area contributed by atoms with Gasteiger partial charge in [-0.3, -0.25) is 9.36 Å². The van der Waals surface area contributed by atoms with Crippen LogP contribution < -0.4 is 9.47 Å². The molecule has 6 nitrogen and oxygen atoms in total. The molecule has 0 saturated heterocycles. The SMILES string of the molecule is C=CCn1c(SCC(=O)c2cccc3ccccc23)nnc1C1COc2ccccc2O1. The number of ether oxygens (including phenoxy) is 2. The van der Waals surface area contributed by atoms with E-state index >= 15 is 0 Å². The van der Waals surface area contributed by atoms with Gasteiger partial charge >= 0.3 is 0 Å². The third-order valence-corrected chi connectivity index (χ3v) is 6.24. The number of benzene rings is 3. The Hall–Kier alpha value is -3.58. The minimum atomic E-state index is -0.388. The molecule has 0 radical (unpaired) electrons. The van der Waals surface area contributed by atoms with Gasteiger partial charge in [-0.2, -0.15) is 0 Å². The van der Waals surface area contributed by atoms with E-state index in [0.29, 0.717) is 41.2 Å². The van der Waals surface area contributed by atoms with Crippen LogP contribution in [0.1, 0.15) is 22.3 Å².